The second kappa shape index (κ2) is 8.59. The van der Waals surface area contributed by atoms with E-state index in [1.165, 1.54) is 0 Å². The van der Waals surface area contributed by atoms with Gasteiger partial charge < -0.3 is 14.5 Å². The van der Waals surface area contributed by atoms with Crippen molar-refractivity contribution in [3.8, 4) is 11.5 Å². The van der Waals surface area contributed by atoms with Crippen LogP contribution in [0.5, 0.6) is 0 Å². The fourth-order valence-corrected chi connectivity index (χ4v) is 3.43. The number of fused-ring (bicyclic) bond motifs is 1. The average molecular weight is 410 g/mol. The molecule has 0 saturated carbocycles. The van der Waals surface area contributed by atoms with Gasteiger partial charge >= 0.3 is 0 Å². The van der Waals surface area contributed by atoms with Gasteiger partial charge in [-0.2, -0.15) is 0 Å². The first-order valence-corrected chi connectivity index (χ1v) is 9.93. The standard InChI is InChI=1S/C21H22N4O3S/c1-13-8-9-19(28-13)18-11-16(15-6-2-3-7-17(15)23-18)20(26)24-25-21(29)22-12-14-5-4-10-27-14/h2-3,6-9,11,14H,4-5,10,12H2,1H3,(H,24,26)(H2,22,25,29)/t14-/m0/s1. The summed E-state index contributed by atoms with van der Waals surface area (Å²) in [7, 11) is 0. The Hall–Kier alpha value is -2.97. The summed E-state index contributed by atoms with van der Waals surface area (Å²) in [6.45, 7) is 3.27. The maximum absolute atomic E-state index is 12.9. The Balaban J connectivity index is 1.49. The Morgan fingerprint density at radius 3 is 2.86 bits per heavy atom. The molecule has 7 nitrogen and oxygen atoms in total. The molecule has 1 aliphatic heterocycles. The normalized spacial score (nSPS) is 16.0. The number of thiocarbonyl (C=S) groups is 1. The summed E-state index contributed by atoms with van der Waals surface area (Å²) < 4.78 is 11.2. The predicted octanol–water partition coefficient (Wildman–Crippen LogP) is 3.09. The van der Waals surface area contributed by atoms with Gasteiger partial charge in [0, 0.05) is 18.5 Å². The van der Waals surface area contributed by atoms with Crippen LogP contribution in [-0.4, -0.2) is 35.3 Å². The summed E-state index contributed by atoms with van der Waals surface area (Å²) in [5.41, 5.74) is 7.20. The van der Waals surface area contributed by atoms with Gasteiger partial charge in [0.15, 0.2) is 10.9 Å². The van der Waals surface area contributed by atoms with Gasteiger partial charge in [-0.05, 0) is 56.2 Å². The maximum atomic E-state index is 12.9. The van der Waals surface area contributed by atoms with Crippen molar-refractivity contribution in [2.75, 3.05) is 13.2 Å². The number of aryl methyl sites for hydroxylation is 1. The lowest BCUT2D eigenvalue weighted by molar-refractivity contribution is 0.0944. The lowest BCUT2D eigenvalue weighted by atomic mass is 10.1. The van der Waals surface area contributed by atoms with Crippen molar-refractivity contribution < 1.29 is 13.9 Å². The van der Waals surface area contributed by atoms with Crippen molar-refractivity contribution in [1.82, 2.24) is 21.2 Å². The molecule has 0 radical (unpaired) electrons. The number of hydrogen-bond donors (Lipinski definition) is 3. The van der Waals surface area contributed by atoms with E-state index in [9.17, 15) is 4.79 Å². The number of benzene rings is 1. The molecule has 1 fully saturated rings. The first-order valence-electron chi connectivity index (χ1n) is 9.52. The number of carbonyl (C=O) groups is 1. The molecule has 3 N–H and O–H groups in total. The molecule has 1 aliphatic rings. The minimum absolute atomic E-state index is 0.161. The number of hydrogen-bond acceptors (Lipinski definition) is 5. The highest BCUT2D eigenvalue weighted by Gasteiger charge is 2.17. The number of amides is 1. The van der Waals surface area contributed by atoms with Crippen LogP contribution in [0.3, 0.4) is 0 Å². The topological polar surface area (TPSA) is 88.4 Å². The molecule has 8 heteroatoms. The van der Waals surface area contributed by atoms with Gasteiger partial charge in [0.25, 0.3) is 5.91 Å². The van der Waals surface area contributed by atoms with E-state index in [4.69, 9.17) is 21.4 Å². The molecular weight excluding hydrogens is 388 g/mol. The SMILES string of the molecule is Cc1ccc(-c2cc(C(=O)NNC(=S)NC[C@@H]3CCCO3)c3ccccc3n2)o1. The fourth-order valence-electron chi connectivity index (χ4n) is 3.30. The summed E-state index contributed by atoms with van der Waals surface area (Å²) in [6, 6.07) is 12.9. The van der Waals surface area contributed by atoms with Gasteiger partial charge in [0.1, 0.15) is 11.5 Å². The minimum atomic E-state index is -0.311. The molecule has 3 heterocycles. The Bertz CT molecular complexity index is 1040. The van der Waals surface area contributed by atoms with Crippen LogP contribution in [0.25, 0.3) is 22.4 Å². The van der Waals surface area contributed by atoms with Crippen LogP contribution in [0, 0.1) is 6.92 Å². The lowest BCUT2D eigenvalue weighted by Crippen LogP contribution is -2.48. The number of para-hydroxylation sites is 1. The Labute approximate surface area is 173 Å². The summed E-state index contributed by atoms with van der Waals surface area (Å²) >= 11 is 5.24. The maximum Gasteiger partial charge on any atom is 0.270 e. The number of ether oxygens (including phenoxy) is 1. The van der Waals surface area contributed by atoms with Crippen molar-refractivity contribution in [3.63, 3.8) is 0 Å². The number of furan rings is 1. The molecule has 1 amide bonds. The van der Waals surface area contributed by atoms with Gasteiger partial charge in [0.05, 0.1) is 17.2 Å². The van der Waals surface area contributed by atoms with E-state index in [0.717, 1.165) is 30.6 Å². The second-order valence-corrected chi connectivity index (χ2v) is 7.31. The van der Waals surface area contributed by atoms with Crippen LogP contribution >= 0.6 is 12.2 Å². The Morgan fingerprint density at radius 1 is 1.24 bits per heavy atom. The number of pyridine rings is 1. The number of aromatic nitrogens is 1. The lowest BCUT2D eigenvalue weighted by Gasteiger charge is -2.15. The van der Waals surface area contributed by atoms with Crippen molar-refractivity contribution >= 4 is 34.1 Å². The number of hydrazine groups is 1. The van der Waals surface area contributed by atoms with Crippen LogP contribution in [0.4, 0.5) is 0 Å². The molecule has 29 heavy (non-hydrogen) atoms. The third-order valence-corrected chi connectivity index (χ3v) is 5.00. The van der Waals surface area contributed by atoms with E-state index in [-0.39, 0.29) is 12.0 Å². The highest BCUT2D eigenvalue weighted by atomic mass is 32.1. The summed E-state index contributed by atoms with van der Waals surface area (Å²) in [5, 5.41) is 4.15. The van der Waals surface area contributed by atoms with Gasteiger partial charge in [-0.25, -0.2) is 4.98 Å². The molecule has 0 bridgehead atoms. The molecule has 1 atom stereocenters. The largest absolute Gasteiger partial charge is 0.460 e. The van der Waals surface area contributed by atoms with E-state index < -0.39 is 0 Å². The minimum Gasteiger partial charge on any atom is -0.460 e. The van der Waals surface area contributed by atoms with E-state index in [1.54, 1.807) is 6.07 Å². The monoisotopic (exact) mass is 410 g/mol. The first kappa shape index (κ1) is 19.4. The molecule has 0 aliphatic carbocycles. The molecule has 0 unspecified atom stereocenters. The summed E-state index contributed by atoms with van der Waals surface area (Å²) in [5.74, 6) is 1.09. The summed E-state index contributed by atoms with van der Waals surface area (Å²) in [6.07, 6.45) is 2.24. The van der Waals surface area contributed by atoms with Crippen molar-refractivity contribution in [2.45, 2.75) is 25.9 Å². The number of nitrogens with zero attached hydrogens (tertiary/aromatic N) is 1. The highest BCUT2D eigenvalue weighted by molar-refractivity contribution is 7.80. The van der Waals surface area contributed by atoms with E-state index in [1.807, 2.05) is 43.3 Å². The van der Waals surface area contributed by atoms with Gasteiger partial charge in [-0.3, -0.25) is 15.6 Å². The molecule has 3 aromatic rings. The Kier molecular flexibility index (Phi) is 5.73. The van der Waals surface area contributed by atoms with E-state index >= 15 is 0 Å². The smallest absolute Gasteiger partial charge is 0.270 e. The molecule has 1 aromatic carbocycles. The zero-order valence-corrected chi connectivity index (χ0v) is 16.8. The van der Waals surface area contributed by atoms with Crippen LogP contribution in [0.15, 0.2) is 46.9 Å². The molecule has 0 spiro atoms. The molecular formula is C21H22N4O3S. The molecule has 4 rings (SSSR count). The van der Waals surface area contributed by atoms with Crippen molar-refractivity contribution in [1.29, 1.82) is 0 Å². The van der Waals surface area contributed by atoms with Crippen molar-refractivity contribution in [3.05, 3.63) is 53.8 Å². The third kappa shape index (κ3) is 4.55. The quantitative estimate of drug-likeness (QED) is 0.450. The third-order valence-electron chi connectivity index (χ3n) is 4.76. The molecule has 1 saturated heterocycles. The van der Waals surface area contributed by atoms with Crippen molar-refractivity contribution in [2.24, 2.45) is 0 Å². The first-order chi connectivity index (χ1) is 14.1. The van der Waals surface area contributed by atoms with Crippen LogP contribution in [0.2, 0.25) is 0 Å². The molecule has 2 aromatic heterocycles. The average Bonchev–Trinajstić information content (AvgIpc) is 3.41. The van der Waals surface area contributed by atoms with Crippen LogP contribution < -0.4 is 16.2 Å². The predicted molar refractivity (Wildman–Crippen MR) is 114 cm³/mol. The second-order valence-electron chi connectivity index (χ2n) is 6.91. The zero-order chi connectivity index (χ0) is 20.2. The Morgan fingerprint density at radius 2 is 2.10 bits per heavy atom. The van der Waals surface area contributed by atoms with Gasteiger partial charge in [0.2, 0.25) is 0 Å². The van der Waals surface area contributed by atoms with E-state index in [2.05, 4.69) is 21.2 Å². The zero-order valence-electron chi connectivity index (χ0n) is 16.0. The highest BCUT2D eigenvalue weighted by Crippen LogP contribution is 2.26. The van der Waals surface area contributed by atoms with Crippen LogP contribution in [-0.2, 0) is 4.74 Å². The molecule has 150 valence electrons. The van der Waals surface area contributed by atoms with Gasteiger partial charge in [-0.15, -0.1) is 0 Å². The number of rotatable bonds is 4. The van der Waals surface area contributed by atoms with Gasteiger partial charge in [-0.1, -0.05) is 18.2 Å². The van der Waals surface area contributed by atoms with Crippen LogP contribution in [0.1, 0.15) is 29.0 Å². The summed E-state index contributed by atoms with van der Waals surface area (Å²) in [4.78, 5) is 17.5. The van der Waals surface area contributed by atoms with E-state index in [0.29, 0.717) is 34.2 Å². The number of carbonyl (C=O) groups excluding carboxylic acids is 1. The fraction of sp³-hybridized carbons (Fsp3) is 0.286. The number of nitrogens with one attached hydrogen (secondary N) is 3.